The standard InChI is InChI=1S/C13H14N2O3/c1-7-15-10-3-2-8(5-12(10)18-7)11-4-9(6-14-11)13(16)17/h2-3,5,9,11,14H,4,6H2,1H3,(H,16,17). The minimum absolute atomic E-state index is 0.0842. The molecule has 0 spiro atoms. The summed E-state index contributed by atoms with van der Waals surface area (Å²) >= 11 is 0. The Kier molecular flexibility index (Phi) is 2.56. The number of oxazole rings is 1. The maximum Gasteiger partial charge on any atom is 0.307 e. The fraction of sp³-hybridized carbons (Fsp3) is 0.385. The van der Waals surface area contributed by atoms with Crippen molar-refractivity contribution in [3.05, 3.63) is 29.7 Å². The van der Waals surface area contributed by atoms with Crippen molar-refractivity contribution in [1.29, 1.82) is 0 Å². The monoisotopic (exact) mass is 246 g/mol. The van der Waals surface area contributed by atoms with Gasteiger partial charge in [0.25, 0.3) is 0 Å². The number of nitrogens with zero attached hydrogens (tertiary/aromatic N) is 1. The lowest BCUT2D eigenvalue weighted by molar-refractivity contribution is -0.141. The van der Waals surface area contributed by atoms with Crippen molar-refractivity contribution in [2.24, 2.45) is 5.92 Å². The highest BCUT2D eigenvalue weighted by Gasteiger charge is 2.30. The second-order valence-corrected chi connectivity index (χ2v) is 4.69. The SMILES string of the molecule is Cc1nc2ccc(C3CC(C(=O)O)CN3)cc2o1. The van der Waals surface area contributed by atoms with Crippen LogP contribution in [0.1, 0.15) is 23.9 Å². The Bertz CT molecular complexity index is 605. The predicted molar refractivity (Wildman–Crippen MR) is 65.2 cm³/mol. The van der Waals surface area contributed by atoms with Gasteiger partial charge in [0, 0.05) is 19.5 Å². The van der Waals surface area contributed by atoms with E-state index in [0.29, 0.717) is 18.9 Å². The van der Waals surface area contributed by atoms with Gasteiger partial charge in [-0.3, -0.25) is 4.79 Å². The molecule has 0 saturated carbocycles. The number of hydrogen-bond donors (Lipinski definition) is 2. The van der Waals surface area contributed by atoms with E-state index in [1.807, 2.05) is 25.1 Å². The quantitative estimate of drug-likeness (QED) is 0.846. The summed E-state index contributed by atoms with van der Waals surface area (Å²) in [7, 11) is 0. The summed E-state index contributed by atoms with van der Waals surface area (Å²) in [6.45, 7) is 2.33. The van der Waals surface area contributed by atoms with Crippen LogP contribution in [0.4, 0.5) is 0 Å². The second-order valence-electron chi connectivity index (χ2n) is 4.69. The highest BCUT2D eigenvalue weighted by Crippen LogP contribution is 2.29. The molecule has 2 aromatic rings. The molecule has 94 valence electrons. The first-order chi connectivity index (χ1) is 8.63. The number of carboxylic acid groups (broad SMARTS) is 1. The molecule has 1 saturated heterocycles. The molecule has 2 unspecified atom stereocenters. The molecular formula is C13H14N2O3. The molecule has 0 bridgehead atoms. The van der Waals surface area contributed by atoms with E-state index >= 15 is 0 Å². The lowest BCUT2D eigenvalue weighted by Crippen LogP contribution is -2.17. The van der Waals surface area contributed by atoms with Crippen LogP contribution in [0.25, 0.3) is 11.1 Å². The number of hydrogen-bond acceptors (Lipinski definition) is 4. The molecule has 1 aromatic heterocycles. The number of carboxylic acids is 1. The normalized spacial score (nSPS) is 23.6. The molecule has 5 nitrogen and oxygen atoms in total. The van der Waals surface area contributed by atoms with Crippen molar-refractivity contribution >= 4 is 17.1 Å². The Balaban J connectivity index is 1.88. The van der Waals surface area contributed by atoms with E-state index in [2.05, 4.69) is 10.3 Å². The minimum Gasteiger partial charge on any atom is -0.481 e. The van der Waals surface area contributed by atoms with Crippen molar-refractivity contribution in [1.82, 2.24) is 10.3 Å². The molecule has 1 aromatic carbocycles. The molecular weight excluding hydrogens is 232 g/mol. The Morgan fingerprint density at radius 3 is 3.11 bits per heavy atom. The largest absolute Gasteiger partial charge is 0.481 e. The van der Waals surface area contributed by atoms with Gasteiger partial charge in [0.15, 0.2) is 11.5 Å². The van der Waals surface area contributed by atoms with E-state index in [1.165, 1.54) is 0 Å². The first-order valence-corrected chi connectivity index (χ1v) is 5.97. The van der Waals surface area contributed by atoms with Crippen LogP contribution in [0.2, 0.25) is 0 Å². The number of aliphatic carboxylic acids is 1. The van der Waals surface area contributed by atoms with Crippen LogP contribution in [0.3, 0.4) is 0 Å². The predicted octanol–water partition coefficient (Wildman–Crippen LogP) is 1.87. The van der Waals surface area contributed by atoms with E-state index in [-0.39, 0.29) is 12.0 Å². The molecule has 0 amide bonds. The van der Waals surface area contributed by atoms with Gasteiger partial charge in [-0.2, -0.15) is 0 Å². The summed E-state index contributed by atoms with van der Waals surface area (Å²) in [6.07, 6.45) is 0.619. The van der Waals surface area contributed by atoms with Gasteiger partial charge in [-0.15, -0.1) is 0 Å². The third-order valence-corrected chi connectivity index (χ3v) is 3.40. The third-order valence-electron chi connectivity index (χ3n) is 3.40. The van der Waals surface area contributed by atoms with E-state index < -0.39 is 5.97 Å². The Morgan fingerprint density at radius 1 is 1.56 bits per heavy atom. The zero-order valence-corrected chi connectivity index (χ0v) is 10.0. The van der Waals surface area contributed by atoms with Crippen molar-refractivity contribution in [2.45, 2.75) is 19.4 Å². The van der Waals surface area contributed by atoms with Crippen LogP contribution in [0.5, 0.6) is 0 Å². The summed E-state index contributed by atoms with van der Waals surface area (Å²) in [5.41, 5.74) is 2.65. The first kappa shape index (κ1) is 11.2. The Hall–Kier alpha value is -1.88. The third kappa shape index (κ3) is 1.86. The lowest BCUT2D eigenvalue weighted by atomic mass is 10.00. The van der Waals surface area contributed by atoms with Gasteiger partial charge in [-0.25, -0.2) is 4.98 Å². The maximum atomic E-state index is 10.9. The number of aryl methyl sites for hydroxylation is 1. The Labute approximate surface area is 104 Å². The van der Waals surface area contributed by atoms with Crippen LogP contribution < -0.4 is 5.32 Å². The number of carbonyl (C=O) groups is 1. The second kappa shape index (κ2) is 4.10. The molecule has 5 heteroatoms. The zero-order valence-electron chi connectivity index (χ0n) is 10.0. The average Bonchev–Trinajstić information content (AvgIpc) is 2.91. The zero-order chi connectivity index (χ0) is 12.7. The van der Waals surface area contributed by atoms with Gasteiger partial charge in [0.2, 0.25) is 0 Å². The fourth-order valence-corrected chi connectivity index (χ4v) is 2.45. The minimum atomic E-state index is -0.735. The molecule has 1 aliphatic heterocycles. The highest BCUT2D eigenvalue weighted by molar-refractivity contribution is 5.74. The van der Waals surface area contributed by atoms with Gasteiger partial charge >= 0.3 is 5.97 Å². The molecule has 1 fully saturated rings. The van der Waals surface area contributed by atoms with Crippen LogP contribution in [-0.4, -0.2) is 22.6 Å². The number of rotatable bonds is 2. The first-order valence-electron chi connectivity index (χ1n) is 5.97. The Morgan fingerprint density at radius 2 is 2.39 bits per heavy atom. The maximum absolute atomic E-state index is 10.9. The summed E-state index contributed by atoms with van der Waals surface area (Å²) in [4.78, 5) is 15.2. The van der Waals surface area contributed by atoms with Gasteiger partial charge in [0.1, 0.15) is 5.52 Å². The summed E-state index contributed by atoms with van der Waals surface area (Å²) < 4.78 is 5.49. The summed E-state index contributed by atoms with van der Waals surface area (Å²) in [5.74, 6) is -0.395. The molecule has 18 heavy (non-hydrogen) atoms. The van der Waals surface area contributed by atoms with Gasteiger partial charge in [0.05, 0.1) is 5.92 Å². The van der Waals surface area contributed by atoms with Crippen molar-refractivity contribution in [3.8, 4) is 0 Å². The van der Waals surface area contributed by atoms with Gasteiger partial charge in [-0.05, 0) is 24.1 Å². The van der Waals surface area contributed by atoms with Crippen LogP contribution in [-0.2, 0) is 4.79 Å². The van der Waals surface area contributed by atoms with Crippen LogP contribution in [0.15, 0.2) is 22.6 Å². The molecule has 1 aliphatic rings. The van der Waals surface area contributed by atoms with E-state index in [4.69, 9.17) is 9.52 Å². The highest BCUT2D eigenvalue weighted by atomic mass is 16.4. The molecule has 2 N–H and O–H groups in total. The lowest BCUT2D eigenvalue weighted by Gasteiger charge is -2.09. The summed E-state index contributed by atoms with van der Waals surface area (Å²) in [6, 6.07) is 5.92. The molecule has 2 heterocycles. The van der Waals surface area contributed by atoms with Gasteiger partial charge in [-0.1, -0.05) is 6.07 Å². The van der Waals surface area contributed by atoms with Gasteiger partial charge < -0.3 is 14.8 Å². The van der Waals surface area contributed by atoms with E-state index in [1.54, 1.807) is 0 Å². The summed E-state index contributed by atoms with van der Waals surface area (Å²) in [5, 5.41) is 12.2. The molecule has 2 atom stereocenters. The fourth-order valence-electron chi connectivity index (χ4n) is 2.45. The molecule has 0 aliphatic carbocycles. The van der Waals surface area contributed by atoms with Crippen LogP contribution in [0, 0.1) is 12.8 Å². The van der Waals surface area contributed by atoms with Crippen molar-refractivity contribution in [3.63, 3.8) is 0 Å². The van der Waals surface area contributed by atoms with Crippen LogP contribution >= 0.6 is 0 Å². The number of nitrogens with one attached hydrogen (secondary N) is 1. The average molecular weight is 246 g/mol. The smallest absolute Gasteiger partial charge is 0.307 e. The topological polar surface area (TPSA) is 75.4 Å². The number of benzene rings is 1. The van der Waals surface area contributed by atoms with Crippen molar-refractivity contribution < 1.29 is 14.3 Å². The number of aromatic nitrogens is 1. The number of fused-ring (bicyclic) bond motifs is 1. The molecule has 0 radical (unpaired) electrons. The molecule has 3 rings (SSSR count). The van der Waals surface area contributed by atoms with Crippen molar-refractivity contribution in [2.75, 3.05) is 6.54 Å². The van der Waals surface area contributed by atoms with E-state index in [0.717, 1.165) is 16.7 Å². The van der Waals surface area contributed by atoms with E-state index in [9.17, 15) is 4.79 Å².